The smallest absolute Gasteiger partial charge is 0.321 e. The van der Waals surface area contributed by atoms with Crippen molar-refractivity contribution in [1.29, 1.82) is 0 Å². The van der Waals surface area contributed by atoms with Crippen molar-refractivity contribution in [2.75, 3.05) is 31.5 Å². The van der Waals surface area contributed by atoms with Crippen molar-refractivity contribution in [2.45, 2.75) is 26.3 Å². The van der Waals surface area contributed by atoms with Crippen molar-refractivity contribution in [3.05, 3.63) is 60.0 Å². The SMILES string of the molecule is Cc1nc2ccc(NC(=O)N3CCC4(CCN(Cc5ccccc5)C4)C3)cn2n1. The molecule has 0 bridgehead atoms. The second-order valence-corrected chi connectivity index (χ2v) is 8.43. The molecule has 150 valence electrons. The Kier molecular flexibility index (Phi) is 4.47. The maximum Gasteiger partial charge on any atom is 0.321 e. The van der Waals surface area contributed by atoms with E-state index >= 15 is 0 Å². The molecule has 1 aromatic carbocycles. The van der Waals surface area contributed by atoms with E-state index in [0.29, 0.717) is 0 Å². The number of nitrogens with zero attached hydrogens (tertiary/aromatic N) is 5. The van der Waals surface area contributed by atoms with Gasteiger partial charge in [-0.05, 0) is 44.0 Å². The van der Waals surface area contributed by atoms with Crippen LogP contribution in [0.15, 0.2) is 48.7 Å². The molecule has 7 nitrogen and oxygen atoms in total. The third-order valence-corrected chi connectivity index (χ3v) is 6.18. The highest BCUT2D eigenvalue weighted by Gasteiger charge is 2.44. The molecule has 2 aliphatic rings. The molecule has 5 rings (SSSR count). The number of fused-ring (bicyclic) bond motifs is 1. The van der Waals surface area contributed by atoms with E-state index in [4.69, 9.17) is 0 Å². The van der Waals surface area contributed by atoms with Crippen LogP contribution < -0.4 is 5.32 Å². The molecule has 2 aliphatic heterocycles. The van der Waals surface area contributed by atoms with Crippen molar-refractivity contribution in [1.82, 2.24) is 24.4 Å². The molecule has 7 heteroatoms. The number of carbonyl (C=O) groups is 1. The van der Waals surface area contributed by atoms with Crippen LogP contribution in [0.3, 0.4) is 0 Å². The van der Waals surface area contributed by atoms with Gasteiger partial charge in [0, 0.05) is 31.6 Å². The number of aryl methyl sites for hydroxylation is 1. The topological polar surface area (TPSA) is 65.8 Å². The van der Waals surface area contributed by atoms with E-state index in [0.717, 1.165) is 62.7 Å². The summed E-state index contributed by atoms with van der Waals surface area (Å²) in [4.78, 5) is 21.6. The predicted molar refractivity (Wildman–Crippen MR) is 112 cm³/mol. The summed E-state index contributed by atoms with van der Waals surface area (Å²) in [6.45, 7) is 6.66. The highest BCUT2D eigenvalue weighted by Crippen LogP contribution is 2.40. The maximum absolute atomic E-state index is 12.8. The van der Waals surface area contributed by atoms with E-state index in [1.54, 1.807) is 4.52 Å². The number of rotatable bonds is 3. The summed E-state index contributed by atoms with van der Waals surface area (Å²) < 4.78 is 1.70. The maximum atomic E-state index is 12.8. The van der Waals surface area contributed by atoms with Crippen molar-refractivity contribution >= 4 is 17.4 Å². The van der Waals surface area contributed by atoms with Gasteiger partial charge < -0.3 is 10.2 Å². The van der Waals surface area contributed by atoms with Gasteiger partial charge in [-0.15, -0.1) is 0 Å². The summed E-state index contributed by atoms with van der Waals surface area (Å²) in [6.07, 6.45) is 4.05. The fourth-order valence-electron chi connectivity index (χ4n) is 4.72. The Labute approximate surface area is 170 Å². The number of aromatic nitrogens is 3. The summed E-state index contributed by atoms with van der Waals surface area (Å²) in [5.74, 6) is 0.719. The van der Waals surface area contributed by atoms with E-state index in [1.807, 2.05) is 30.2 Å². The van der Waals surface area contributed by atoms with Gasteiger partial charge in [-0.2, -0.15) is 5.10 Å². The Hall–Kier alpha value is -2.93. The molecule has 2 amide bonds. The minimum Gasteiger partial charge on any atom is -0.324 e. The molecule has 2 saturated heterocycles. The Morgan fingerprint density at radius 2 is 1.93 bits per heavy atom. The lowest BCUT2D eigenvalue weighted by molar-refractivity contribution is 0.210. The third kappa shape index (κ3) is 3.70. The summed E-state index contributed by atoms with van der Waals surface area (Å²) in [5.41, 5.74) is 3.12. The number of hydrogen-bond donors (Lipinski definition) is 1. The molecule has 4 heterocycles. The van der Waals surface area contributed by atoms with Gasteiger partial charge >= 0.3 is 6.03 Å². The van der Waals surface area contributed by atoms with Gasteiger partial charge in [0.25, 0.3) is 0 Å². The summed E-state index contributed by atoms with van der Waals surface area (Å²) in [6, 6.07) is 14.4. The van der Waals surface area contributed by atoms with E-state index < -0.39 is 0 Å². The van der Waals surface area contributed by atoms with Crippen LogP contribution in [0.2, 0.25) is 0 Å². The van der Waals surface area contributed by atoms with Crippen molar-refractivity contribution in [3.63, 3.8) is 0 Å². The van der Waals surface area contributed by atoms with Gasteiger partial charge in [0.1, 0.15) is 5.82 Å². The number of amides is 2. The molecule has 2 aromatic heterocycles. The largest absolute Gasteiger partial charge is 0.324 e. The summed E-state index contributed by atoms with van der Waals surface area (Å²) in [7, 11) is 0. The average molecular weight is 390 g/mol. The fourth-order valence-corrected chi connectivity index (χ4v) is 4.72. The van der Waals surface area contributed by atoms with Crippen LogP contribution in [0.5, 0.6) is 0 Å². The molecule has 1 atom stereocenters. The number of urea groups is 1. The Balaban J connectivity index is 1.20. The zero-order chi connectivity index (χ0) is 19.8. The standard InChI is InChI=1S/C22H26N6O/c1-17-23-20-8-7-19(14-28(20)25-17)24-21(29)27-12-10-22(16-27)9-11-26(15-22)13-18-5-3-2-4-6-18/h2-8,14H,9-13,15-16H2,1H3,(H,24,29). The predicted octanol–water partition coefficient (Wildman–Crippen LogP) is 3.17. The molecule has 1 unspecified atom stereocenters. The molecule has 2 fully saturated rings. The van der Waals surface area contributed by atoms with E-state index in [-0.39, 0.29) is 11.4 Å². The quantitative estimate of drug-likeness (QED) is 0.746. The first-order valence-electron chi connectivity index (χ1n) is 10.2. The van der Waals surface area contributed by atoms with E-state index in [2.05, 4.69) is 50.6 Å². The van der Waals surface area contributed by atoms with Crippen LogP contribution in [0.1, 0.15) is 24.2 Å². The first kappa shape index (κ1) is 18.1. The molecule has 0 saturated carbocycles. The zero-order valence-electron chi connectivity index (χ0n) is 16.7. The second kappa shape index (κ2) is 7.15. The van der Waals surface area contributed by atoms with Gasteiger partial charge in [-0.25, -0.2) is 14.3 Å². The van der Waals surface area contributed by atoms with Crippen LogP contribution >= 0.6 is 0 Å². The molecular formula is C22H26N6O. The summed E-state index contributed by atoms with van der Waals surface area (Å²) in [5, 5.41) is 7.34. The number of carbonyl (C=O) groups excluding carboxylic acids is 1. The molecule has 1 N–H and O–H groups in total. The number of nitrogens with one attached hydrogen (secondary N) is 1. The van der Waals surface area contributed by atoms with Crippen LogP contribution in [-0.4, -0.2) is 56.6 Å². The average Bonchev–Trinajstić information content (AvgIpc) is 3.41. The molecule has 29 heavy (non-hydrogen) atoms. The molecule has 0 aliphatic carbocycles. The second-order valence-electron chi connectivity index (χ2n) is 8.43. The lowest BCUT2D eigenvalue weighted by atomic mass is 9.86. The molecule has 0 radical (unpaired) electrons. The van der Waals surface area contributed by atoms with Crippen LogP contribution in [0.25, 0.3) is 5.65 Å². The number of hydrogen-bond acceptors (Lipinski definition) is 4. The minimum absolute atomic E-state index is 0.0282. The molecule has 1 spiro atoms. The minimum atomic E-state index is -0.0282. The zero-order valence-corrected chi connectivity index (χ0v) is 16.7. The van der Waals surface area contributed by atoms with Crippen LogP contribution in [-0.2, 0) is 6.54 Å². The van der Waals surface area contributed by atoms with Gasteiger partial charge in [-0.3, -0.25) is 4.90 Å². The molecule has 3 aromatic rings. The first-order chi connectivity index (χ1) is 14.1. The van der Waals surface area contributed by atoms with Gasteiger partial charge in [0.2, 0.25) is 0 Å². The van der Waals surface area contributed by atoms with E-state index in [1.165, 1.54) is 5.56 Å². The monoisotopic (exact) mass is 390 g/mol. The van der Waals surface area contributed by atoms with Crippen LogP contribution in [0.4, 0.5) is 10.5 Å². The number of likely N-dealkylation sites (tertiary alicyclic amines) is 2. The number of benzene rings is 1. The number of pyridine rings is 1. The lowest BCUT2D eigenvalue weighted by Gasteiger charge is -2.25. The molecular weight excluding hydrogens is 364 g/mol. The Bertz CT molecular complexity index is 1030. The third-order valence-electron chi connectivity index (χ3n) is 6.18. The summed E-state index contributed by atoms with van der Waals surface area (Å²) >= 11 is 0. The fraction of sp³-hybridized carbons (Fsp3) is 0.409. The Morgan fingerprint density at radius 1 is 1.10 bits per heavy atom. The van der Waals surface area contributed by atoms with Gasteiger partial charge in [0.15, 0.2) is 5.65 Å². The number of anilines is 1. The van der Waals surface area contributed by atoms with Crippen LogP contribution in [0, 0.1) is 12.3 Å². The van der Waals surface area contributed by atoms with Crippen molar-refractivity contribution in [3.8, 4) is 0 Å². The Morgan fingerprint density at radius 3 is 2.79 bits per heavy atom. The lowest BCUT2D eigenvalue weighted by Crippen LogP contribution is -2.36. The van der Waals surface area contributed by atoms with Crippen molar-refractivity contribution < 1.29 is 4.79 Å². The van der Waals surface area contributed by atoms with E-state index in [9.17, 15) is 4.79 Å². The highest BCUT2D eigenvalue weighted by molar-refractivity contribution is 5.89. The first-order valence-corrected chi connectivity index (χ1v) is 10.2. The highest BCUT2D eigenvalue weighted by atomic mass is 16.2. The van der Waals surface area contributed by atoms with Gasteiger partial charge in [-0.1, -0.05) is 30.3 Å². The van der Waals surface area contributed by atoms with Crippen molar-refractivity contribution in [2.24, 2.45) is 5.41 Å². The van der Waals surface area contributed by atoms with Gasteiger partial charge in [0.05, 0.1) is 11.9 Å². The normalized spacial score (nSPS) is 22.0.